The Morgan fingerprint density at radius 3 is 2.37 bits per heavy atom. The van der Waals surface area contributed by atoms with E-state index in [0.29, 0.717) is 16.5 Å². The first-order valence-electron chi connectivity index (χ1n) is 9.90. The highest BCUT2D eigenvalue weighted by Gasteiger charge is 2.57. The minimum Gasteiger partial charge on any atom is -0.269 e. The van der Waals surface area contributed by atoms with Gasteiger partial charge in [0.1, 0.15) is 10.7 Å². The molecule has 0 N–H and O–H groups in total. The molecule has 1 amide bonds. The van der Waals surface area contributed by atoms with Crippen LogP contribution in [-0.2, 0) is 9.67 Å². The Labute approximate surface area is 195 Å². The zero-order chi connectivity index (χ0) is 21.5. The molecule has 2 aromatic rings. The fourth-order valence-electron chi connectivity index (χ4n) is 3.99. The molecule has 1 saturated heterocycles. The lowest BCUT2D eigenvalue weighted by Gasteiger charge is -2.43. The van der Waals surface area contributed by atoms with Crippen LogP contribution in [0.4, 0.5) is 11.4 Å². The van der Waals surface area contributed by atoms with Crippen LogP contribution in [0, 0.1) is 5.92 Å². The molecule has 2 aromatic carbocycles. The van der Waals surface area contributed by atoms with E-state index in [9.17, 15) is 4.79 Å². The van der Waals surface area contributed by atoms with Gasteiger partial charge < -0.3 is 0 Å². The second kappa shape index (κ2) is 8.62. The lowest BCUT2D eigenvalue weighted by molar-refractivity contribution is -0.115. The quantitative estimate of drug-likeness (QED) is 0.337. The van der Waals surface area contributed by atoms with Crippen LogP contribution in [0.25, 0.3) is 0 Å². The highest BCUT2D eigenvalue weighted by Crippen LogP contribution is 2.56. The molecule has 2 heterocycles. The first kappa shape index (κ1) is 21.8. The summed E-state index contributed by atoms with van der Waals surface area (Å²) in [7, 11) is 0. The molecule has 2 unspecified atom stereocenters. The van der Waals surface area contributed by atoms with E-state index >= 15 is 0 Å². The molecule has 4 rings (SSSR count). The van der Waals surface area contributed by atoms with Gasteiger partial charge in [-0.05, 0) is 41.8 Å². The van der Waals surface area contributed by atoms with Crippen molar-refractivity contribution >= 4 is 69.8 Å². The molecular weight excluding hydrogens is 455 g/mol. The fourth-order valence-corrected chi connectivity index (χ4v) is 6.91. The average Bonchev–Trinajstić information content (AvgIpc) is 3.04. The molecular formula is C23H22Cl2N2OS2. The first-order valence-corrected chi connectivity index (χ1v) is 12.6. The molecule has 30 heavy (non-hydrogen) atoms. The van der Waals surface area contributed by atoms with Crippen molar-refractivity contribution in [2.24, 2.45) is 10.9 Å². The minimum absolute atomic E-state index is 0.0652. The first-order chi connectivity index (χ1) is 14.4. The zero-order valence-corrected chi connectivity index (χ0v) is 20.1. The number of hydrogen-bond donors (Lipinski definition) is 0. The second-order valence-electron chi connectivity index (χ2n) is 7.07. The number of para-hydroxylation sites is 1. The number of nitrogens with zero attached hydrogens (tertiary/aromatic N) is 2. The van der Waals surface area contributed by atoms with Gasteiger partial charge in [0, 0.05) is 26.3 Å². The molecule has 2 aliphatic rings. The van der Waals surface area contributed by atoms with Crippen LogP contribution in [0.15, 0.2) is 63.3 Å². The van der Waals surface area contributed by atoms with E-state index in [2.05, 4.69) is 13.8 Å². The molecule has 2 atom stereocenters. The van der Waals surface area contributed by atoms with E-state index in [-0.39, 0.29) is 11.8 Å². The topological polar surface area (TPSA) is 32.7 Å². The molecule has 0 bridgehead atoms. The van der Waals surface area contributed by atoms with Gasteiger partial charge in [-0.3, -0.25) is 9.69 Å². The Balaban J connectivity index is 1.98. The number of alkyl halides is 1. The molecule has 156 valence electrons. The summed E-state index contributed by atoms with van der Waals surface area (Å²) >= 11 is 16.9. The summed E-state index contributed by atoms with van der Waals surface area (Å²) in [5.41, 5.74) is 3.23. The third-order valence-corrected chi connectivity index (χ3v) is 8.58. The number of carbonyl (C=O) groups is 1. The van der Waals surface area contributed by atoms with Crippen molar-refractivity contribution in [3.8, 4) is 0 Å². The Kier molecular flexibility index (Phi) is 6.27. The Hall–Kier alpha value is -1.40. The van der Waals surface area contributed by atoms with Gasteiger partial charge in [0.15, 0.2) is 0 Å². The van der Waals surface area contributed by atoms with Crippen LogP contribution in [0.1, 0.15) is 26.3 Å². The number of amidine groups is 1. The van der Waals surface area contributed by atoms with Crippen LogP contribution in [0.5, 0.6) is 0 Å². The summed E-state index contributed by atoms with van der Waals surface area (Å²) in [6.07, 6.45) is 0. The summed E-state index contributed by atoms with van der Waals surface area (Å²) in [6.45, 7) is 6.25. The van der Waals surface area contributed by atoms with Gasteiger partial charge in [-0.1, -0.05) is 50.6 Å². The predicted octanol–water partition coefficient (Wildman–Crippen LogP) is 7.22. The SMILES string of the molecule is CCSC(SCC)=C1C(=O)N(c2ccc(Cl)cc2)C2=Nc3ccccc3C2(Cl)C1C. The normalized spacial score (nSPS) is 22.6. The van der Waals surface area contributed by atoms with Crippen molar-refractivity contribution in [3.05, 3.63) is 68.9 Å². The highest BCUT2D eigenvalue weighted by atomic mass is 35.5. The van der Waals surface area contributed by atoms with Gasteiger partial charge in [0.25, 0.3) is 5.91 Å². The van der Waals surface area contributed by atoms with Crippen molar-refractivity contribution in [3.63, 3.8) is 0 Å². The van der Waals surface area contributed by atoms with Crippen molar-refractivity contribution in [1.82, 2.24) is 0 Å². The largest absolute Gasteiger partial charge is 0.269 e. The van der Waals surface area contributed by atoms with E-state index in [1.807, 2.05) is 43.3 Å². The molecule has 0 aromatic heterocycles. The number of hydrogen-bond acceptors (Lipinski definition) is 4. The molecule has 7 heteroatoms. The molecule has 0 radical (unpaired) electrons. The number of rotatable bonds is 5. The molecule has 0 aliphatic carbocycles. The maximum absolute atomic E-state index is 13.9. The van der Waals surface area contributed by atoms with Gasteiger partial charge in [0.05, 0.1) is 11.4 Å². The number of aliphatic imine (C=N–C) groups is 1. The number of thioether (sulfide) groups is 2. The summed E-state index contributed by atoms with van der Waals surface area (Å²) in [4.78, 5) is 19.5. The molecule has 3 nitrogen and oxygen atoms in total. The molecule has 2 aliphatic heterocycles. The minimum atomic E-state index is -0.909. The van der Waals surface area contributed by atoms with Gasteiger partial charge in [-0.25, -0.2) is 4.99 Å². The van der Waals surface area contributed by atoms with Crippen LogP contribution < -0.4 is 4.90 Å². The van der Waals surface area contributed by atoms with E-state index in [4.69, 9.17) is 28.2 Å². The third kappa shape index (κ3) is 3.40. The van der Waals surface area contributed by atoms with Gasteiger partial charge >= 0.3 is 0 Å². The Bertz CT molecular complexity index is 1040. The number of piperidine rings is 1. The highest BCUT2D eigenvalue weighted by molar-refractivity contribution is 8.22. The lowest BCUT2D eigenvalue weighted by atomic mass is 9.78. The number of amides is 1. The predicted molar refractivity (Wildman–Crippen MR) is 132 cm³/mol. The van der Waals surface area contributed by atoms with Crippen molar-refractivity contribution in [1.29, 1.82) is 0 Å². The molecule has 1 fully saturated rings. The van der Waals surface area contributed by atoms with Crippen LogP contribution in [-0.4, -0.2) is 23.2 Å². The summed E-state index contributed by atoms with van der Waals surface area (Å²) in [5.74, 6) is 2.06. The smallest absolute Gasteiger partial charge is 0.261 e. The number of anilines is 1. The Morgan fingerprint density at radius 2 is 1.73 bits per heavy atom. The number of benzene rings is 2. The van der Waals surface area contributed by atoms with Crippen LogP contribution >= 0.6 is 46.7 Å². The summed E-state index contributed by atoms with van der Waals surface area (Å²) in [5, 5.41) is 0.616. The van der Waals surface area contributed by atoms with Gasteiger partial charge in [0.2, 0.25) is 0 Å². The molecule has 0 saturated carbocycles. The van der Waals surface area contributed by atoms with Gasteiger partial charge in [-0.2, -0.15) is 0 Å². The van der Waals surface area contributed by atoms with Crippen molar-refractivity contribution in [2.75, 3.05) is 16.4 Å². The summed E-state index contributed by atoms with van der Waals surface area (Å²) in [6, 6.07) is 15.1. The second-order valence-corrected chi connectivity index (χ2v) is 10.9. The lowest BCUT2D eigenvalue weighted by Crippen LogP contribution is -2.55. The summed E-state index contributed by atoms with van der Waals surface area (Å²) < 4.78 is 1.04. The van der Waals surface area contributed by atoms with E-state index in [1.165, 1.54) is 0 Å². The number of fused-ring (bicyclic) bond motifs is 3. The Morgan fingerprint density at radius 1 is 1.10 bits per heavy atom. The van der Waals surface area contributed by atoms with E-state index in [1.54, 1.807) is 40.6 Å². The maximum Gasteiger partial charge on any atom is 0.261 e. The fraction of sp³-hybridized carbons (Fsp3) is 0.304. The molecule has 0 spiro atoms. The van der Waals surface area contributed by atoms with Crippen molar-refractivity contribution in [2.45, 2.75) is 25.6 Å². The number of carbonyl (C=O) groups excluding carboxylic acids is 1. The van der Waals surface area contributed by atoms with Crippen molar-refractivity contribution < 1.29 is 4.79 Å². The van der Waals surface area contributed by atoms with Gasteiger partial charge in [-0.15, -0.1) is 35.1 Å². The maximum atomic E-state index is 13.9. The van der Waals surface area contributed by atoms with E-state index in [0.717, 1.165) is 32.6 Å². The number of halogens is 2. The standard InChI is InChI=1S/C23H22Cl2N2OS2/c1-4-29-21(30-5-2)19-14(3)23(25)17-8-6-7-9-18(17)26-22(23)27(20(19)28)16-12-10-15(24)11-13-16/h6-14H,4-5H2,1-3H3. The average molecular weight is 477 g/mol. The monoisotopic (exact) mass is 476 g/mol. The van der Waals surface area contributed by atoms with E-state index < -0.39 is 4.87 Å². The zero-order valence-electron chi connectivity index (χ0n) is 17.0. The van der Waals surface area contributed by atoms with Crippen LogP contribution in [0.3, 0.4) is 0 Å². The third-order valence-electron chi connectivity index (χ3n) is 5.38. The van der Waals surface area contributed by atoms with Crippen LogP contribution in [0.2, 0.25) is 5.02 Å².